The van der Waals surface area contributed by atoms with E-state index in [0.717, 1.165) is 11.3 Å². The van der Waals surface area contributed by atoms with Gasteiger partial charge in [0.25, 0.3) is 5.91 Å². The number of halogens is 2. The second kappa shape index (κ2) is 11.9. The Morgan fingerprint density at radius 2 is 1.89 bits per heavy atom. The Labute approximate surface area is 226 Å². The third-order valence-electron chi connectivity index (χ3n) is 5.13. The molecule has 36 heavy (non-hydrogen) atoms. The third kappa shape index (κ3) is 6.25. The van der Waals surface area contributed by atoms with Crippen LogP contribution in [-0.4, -0.2) is 37.3 Å². The molecule has 2 amide bonds. The molecule has 0 radical (unpaired) electrons. The lowest BCUT2D eigenvalue weighted by molar-refractivity contribution is -0.113. The predicted octanol–water partition coefficient (Wildman–Crippen LogP) is 5.95. The van der Waals surface area contributed by atoms with Gasteiger partial charge in [-0.2, -0.15) is 0 Å². The van der Waals surface area contributed by atoms with Crippen molar-refractivity contribution in [1.82, 2.24) is 25.1 Å². The molecule has 0 aliphatic rings. The number of carbonyl (C=O) groups excluding carboxylic acids is 2. The number of rotatable bonds is 9. The summed E-state index contributed by atoms with van der Waals surface area (Å²) in [5.74, 6) is 0.226. The number of thioether (sulfide) groups is 1. The molecule has 12 heteroatoms. The summed E-state index contributed by atoms with van der Waals surface area (Å²) in [6.45, 7) is 4.34. The van der Waals surface area contributed by atoms with E-state index in [1.165, 1.54) is 29.2 Å². The van der Waals surface area contributed by atoms with Crippen LogP contribution in [0.2, 0.25) is 10.0 Å². The number of nitrogens with one attached hydrogen (secondary N) is 2. The summed E-state index contributed by atoms with van der Waals surface area (Å²) in [6.07, 6.45) is 0. The van der Waals surface area contributed by atoms with Crippen LogP contribution in [0.3, 0.4) is 0 Å². The van der Waals surface area contributed by atoms with E-state index in [4.69, 9.17) is 23.2 Å². The van der Waals surface area contributed by atoms with Crippen molar-refractivity contribution >= 4 is 63.2 Å². The van der Waals surface area contributed by atoms with Gasteiger partial charge >= 0.3 is 0 Å². The highest BCUT2D eigenvalue weighted by atomic mass is 35.5. The summed E-state index contributed by atoms with van der Waals surface area (Å²) in [5, 5.41) is 17.9. The molecule has 8 nitrogen and oxygen atoms in total. The van der Waals surface area contributed by atoms with Gasteiger partial charge in [-0.15, -0.1) is 21.5 Å². The standard InChI is InChI=1S/C24H22Cl2N6O2S2/c1-3-32-21(14(2)27-22(34)16-9-10-17(25)18(26)11-16)30-31-24(32)36-13-20(33)29-23-28-19(12-35-23)15-7-5-4-6-8-15/h4-12,14H,3,13H2,1-2H3,(H,27,34)(H,28,29,33)/t14-/m1/s1. The van der Waals surface area contributed by atoms with E-state index in [-0.39, 0.29) is 17.6 Å². The second-order valence-corrected chi connectivity index (χ2v) is 10.3. The lowest BCUT2D eigenvalue weighted by Gasteiger charge is -2.15. The summed E-state index contributed by atoms with van der Waals surface area (Å²) in [5.41, 5.74) is 2.20. The second-order valence-electron chi connectivity index (χ2n) is 7.65. The van der Waals surface area contributed by atoms with Gasteiger partial charge in [0.1, 0.15) is 0 Å². The maximum absolute atomic E-state index is 12.6. The lowest BCUT2D eigenvalue weighted by atomic mass is 10.2. The summed E-state index contributed by atoms with van der Waals surface area (Å²) in [6, 6.07) is 14.1. The monoisotopic (exact) mass is 560 g/mol. The first kappa shape index (κ1) is 26.2. The van der Waals surface area contributed by atoms with Gasteiger partial charge in [-0.3, -0.25) is 9.59 Å². The largest absolute Gasteiger partial charge is 0.342 e. The molecule has 2 aromatic carbocycles. The Morgan fingerprint density at radius 3 is 2.61 bits per heavy atom. The molecule has 2 N–H and O–H groups in total. The minimum atomic E-state index is -0.422. The molecule has 0 aliphatic heterocycles. The van der Waals surface area contributed by atoms with Crippen molar-refractivity contribution in [3.05, 3.63) is 75.3 Å². The molecule has 0 saturated heterocycles. The van der Waals surface area contributed by atoms with Gasteiger partial charge in [0.2, 0.25) is 5.91 Å². The van der Waals surface area contributed by atoms with Crippen LogP contribution >= 0.6 is 46.3 Å². The van der Waals surface area contributed by atoms with Crippen LogP contribution in [0.25, 0.3) is 11.3 Å². The van der Waals surface area contributed by atoms with E-state index < -0.39 is 6.04 Å². The number of nitrogens with zero attached hydrogens (tertiary/aromatic N) is 4. The van der Waals surface area contributed by atoms with E-state index >= 15 is 0 Å². The zero-order valence-electron chi connectivity index (χ0n) is 19.4. The Morgan fingerprint density at radius 1 is 1.11 bits per heavy atom. The average Bonchev–Trinajstić information content (AvgIpc) is 3.51. The minimum absolute atomic E-state index is 0.141. The van der Waals surface area contributed by atoms with E-state index in [1.54, 1.807) is 12.1 Å². The summed E-state index contributed by atoms with van der Waals surface area (Å²) in [7, 11) is 0. The molecule has 2 heterocycles. The number of aromatic nitrogens is 4. The molecule has 0 unspecified atom stereocenters. The fourth-order valence-corrected chi connectivity index (χ4v) is 5.21. The number of thiazole rings is 1. The van der Waals surface area contributed by atoms with Gasteiger partial charge < -0.3 is 15.2 Å². The number of hydrogen-bond acceptors (Lipinski definition) is 7. The predicted molar refractivity (Wildman–Crippen MR) is 145 cm³/mol. The van der Waals surface area contributed by atoms with E-state index in [9.17, 15) is 9.59 Å². The van der Waals surface area contributed by atoms with Gasteiger partial charge in [-0.1, -0.05) is 65.3 Å². The van der Waals surface area contributed by atoms with Crippen molar-refractivity contribution < 1.29 is 9.59 Å². The topological polar surface area (TPSA) is 102 Å². The van der Waals surface area contributed by atoms with Gasteiger partial charge in [-0.25, -0.2) is 4.98 Å². The van der Waals surface area contributed by atoms with Crippen LogP contribution in [0.5, 0.6) is 0 Å². The van der Waals surface area contributed by atoms with Crippen molar-refractivity contribution in [1.29, 1.82) is 0 Å². The van der Waals surface area contributed by atoms with Gasteiger partial charge in [0, 0.05) is 23.1 Å². The Hall–Kier alpha value is -2.92. The Kier molecular flexibility index (Phi) is 8.63. The van der Waals surface area contributed by atoms with E-state index in [1.807, 2.05) is 54.1 Å². The highest BCUT2D eigenvalue weighted by molar-refractivity contribution is 7.99. The van der Waals surface area contributed by atoms with Crippen molar-refractivity contribution in [2.75, 3.05) is 11.1 Å². The summed E-state index contributed by atoms with van der Waals surface area (Å²) < 4.78 is 1.87. The molecule has 2 aromatic heterocycles. The maximum atomic E-state index is 12.6. The molecule has 0 bridgehead atoms. The van der Waals surface area contributed by atoms with E-state index in [0.29, 0.717) is 38.3 Å². The normalized spacial score (nSPS) is 11.8. The smallest absolute Gasteiger partial charge is 0.251 e. The van der Waals surface area contributed by atoms with Crippen LogP contribution in [0.1, 0.15) is 36.1 Å². The Bertz CT molecular complexity index is 1380. The molecular formula is C24H22Cl2N6O2S2. The summed E-state index contributed by atoms with van der Waals surface area (Å²) >= 11 is 14.6. The number of hydrogen-bond donors (Lipinski definition) is 2. The number of carbonyl (C=O) groups is 2. The molecule has 186 valence electrons. The zero-order valence-corrected chi connectivity index (χ0v) is 22.5. The minimum Gasteiger partial charge on any atom is -0.342 e. The molecule has 0 saturated carbocycles. The summed E-state index contributed by atoms with van der Waals surface area (Å²) in [4.78, 5) is 29.7. The van der Waals surface area contributed by atoms with Crippen molar-refractivity contribution in [3.8, 4) is 11.3 Å². The van der Waals surface area contributed by atoms with Crippen LogP contribution in [0.15, 0.2) is 59.1 Å². The zero-order chi connectivity index (χ0) is 25.7. The van der Waals surface area contributed by atoms with Crippen LogP contribution < -0.4 is 10.6 Å². The van der Waals surface area contributed by atoms with Crippen LogP contribution in [-0.2, 0) is 11.3 Å². The third-order valence-corrected chi connectivity index (χ3v) is 7.59. The SMILES string of the molecule is CCn1c(SCC(=O)Nc2nc(-c3ccccc3)cs2)nnc1[C@@H](C)NC(=O)c1ccc(Cl)c(Cl)c1. The average molecular weight is 562 g/mol. The van der Waals surface area contributed by atoms with Crippen LogP contribution in [0, 0.1) is 0 Å². The first-order valence-electron chi connectivity index (χ1n) is 11.0. The molecule has 0 spiro atoms. The maximum Gasteiger partial charge on any atom is 0.251 e. The number of anilines is 1. The number of amides is 2. The molecule has 4 rings (SSSR count). The molecule has 1 atom stereocenters. The molecular weight excluding hydrogens is 539 g/mol. The fourth-order valence-electron chi connectivity index (χ4n) is 3.36. The van der Waals surface area contributed by atoms with Crippen molar-refractivity contribution in [2.45, 2.75) is 31.6 Å². The van der Waals surface area contributed by atoms with Gasteiger partial charge in [-0.05, 0) is 32.0 Å². The number of benzene rings is 2. The highest BCUT2D eigenvalue weighted by Gasteiger charge is 2.21. The highest BCUT2D eigenvalue weighted by Crippen LogP contribution is 2.26. The van der Waals surface area contributed by atoms with Gasteiger partial charge in [0.15, 0.2) is 16.1 Å². The van der Waals surface area contributed by atoms with Crippen molar-refractivity contribution in [2.24, 2.45) is 0 Å². The van der Waals surface area contributed by atoms with Crippen LogP contribution in [0.4, 0.5) is 5.13 Å². The first-order valence-corrected chi connectivity index (χ1v) is 13.6. The fraction of sp³-hybridized carbons (Fsp3) is 0.208. The van der Waals surface area contributed by atoms with Crippen molar-refractivity contribution in [3.63, 3.8) is 0 Å². The molecule has 4 aromatic rings. The molecule has 0 aliphatic carbocycles. The first-order chi connectivity index (χ1) is 17.4. The quantitative estimate of drug-likeness (QED) is 0.245. The lowest BCUT2D eigenvalue weighted by Crippen LogP contribution is -2.28. The Balaban J connectivity index is 1.35. The van der Waals surface area contributed by atoms with Gasteiger partial charge in [0.05, 0.1) is 27.5 Å². The van der Waals surface area contributed by atoms with E-state index in [2.05, 4.69) is 25.8 Å². The molecule has 0 fully saturated rings.